The summed E-state index contributed by atoms with van der Waals surface area (Å²) in [5.41, 5.74) is 6.70. The first-order valence-corrected chi connectivity index (χ1v) is 13.3. The number of pyridine rings is 1. The van der Waals surface area contributed by atoms with Crippen LogP contribution in [0, 0.1) is 15.9 Å². The Hall–Kier alpha value is -4.83. The lowest BCUT2D eigenvalue weighted by Gasteiger charge is -2.28. The van der Waals surface area contributed by atoms with Gasteiger partial charge in [-0.3, -0.25) is 9.59 Å². The van der Waals surface area contributed by atoms with Crippen LogP contribution in [0.5, 0.6) is 0 Å². The van der Waals surface area contributed by atoms with E-state index in [0.717, 1.165) is 0 Å². The van der Waals surface area contributed by atoms with Gasteiger partial charge < -0.3 is 35.5 Å². The fraction of sp³-hybridized carbons (Fsp3) is 0.231. The number of hydrogen-bond donors (Lipinski definition) is 3. The minimum atomic E-state index is -0.569. The SMILES string of the molecule is C[N+](C)(CC=CC(=O)Nc1cc2c(Nc3ccc(F)c(Br)c3)ncnc2cn1)Cc1c([N+](=O)[O-])ncn1CCC(N)=O. The Balaban J connectivity index is 1.43. The van der Waals surface area contributed by atoms with Crippen LogP contribution in [0.2, 0.25) is 0 Å². The van der Waals surface area contributed by atoms with Gasteiger partial charge in [-0.15, -0.1) is 0 Å². The number of quaternary nitrogens is 1. The molecule has 0 aliphatic heterocycles. The first-order valence-electron chi connectivity index (χ1n) is 12.5. The van der Waals surface area contributed by atoms with Crippen molar-refractivity contribution in [2.45, 2.75) is 19.5 Å². The second kappa shape index (κ2) is 12.8. The Morgan fingerprint density at radius 2 is 2.00 bits per heavy atom. The number of anilines is 3. The average Bonchev–Trinajstić information content (AvgIpc) is 3.31. The monoisotopic (exact) mass is 641 g/mol. The molecule has 0 aliphatic rings. The molecule has 4 aromatic rings. The maximum Gasteiger partial charge on any atom is 0.390 e. The maximum absolute atomic E-state index is 13.6. The molecule has 0 saturated heterocycles. The Morgan fingerprint density at radius 3 is 2.71 bits per heavy atom. The third-order valence-electron chi connectivity index (χ3n) is 6.10. The molecule has 4 rings (SSSR count). The molecular weight excluding hydrogens is 615 g/mol. The lowest BCUT2D eigenvalue weighted by Crippen LogP contribution is -2.39. The van der Waals surface area contributed by atoms with Crippen molar-refractivity contribution in [2.75, 3.05) is 31.3 Å². The van der Waals surface area contributed by atoms with Gasteiger partial charge >= 0.3 is 5.82 Å². The number of primary amides is 1. The van der Waals surface area contributed by atoms with Gasteiger partial charge in [0.2, 0.25) is 18.1 Å². The summed E-state index contributed by atoms with van der Waals surface area (Å²) in [6.07, 6.45) is 7.20. The molecule has 0 atom stereocenters. The van der Waals surface area contributed by atoms with Crippen LogP contribution >= 0.6 is 15.9 Å². The number of carbonyl (C=O) groups is 2. The Bertz CT molecular complexity index is 1690. The molecule has 0 aliphatic carbocycles. The van der Waals surface area contributed by atoms with Gasteiger partial charge in [-0.2, -0.15) is 0 Å². The number of rotatable bonds is 12. The number of imidazole rings is 1. The predicted octanol–water partition coefficient (Wildman–Crippen LogP) is 3.42. The van der Waals surface area contributed by atoms with Crippen LogP contribution < -0.4 is 16.4 Å². The van der Waals surface area contributed by atoms with Gasteiger partial charge in [0.25, 0.3) is 0 Å². The van der Waals surface area contributed by atoms with E-state index in [1.807, 2.05) is 14.1 Å². The zero-order valence-electron chi connectivity index (χ0n) is 22.6. The van der Waals surface area contributed by atoms with Crippen LogP contribution in [-0.2, 0) is 22.7 Å². The third kappa shape index (κ3) is 7.67. The average molecular weight is 642 g/mol. The molecule has 0 unspecified atom stereocenters. The van der Waals surface area contributed by atoms with Crippen LogP contribution in [0.15, 0.2) is 59.7 Å². The van der Waals surface area contributed by atoms with E-state index in [-0.39, 0.29) is 35.6 Å². The highest BCUT2D eigenvalue weighted by molar-refractivity contribution is 9.10. The van der Waals surface area contributed by atoms with Gasteiger partial charge in [0, 0.05) is 30.1 Å². The van der Waals surface area contributed by atoms with Crippen LogP contribution in [-0.4, -0.2) is 66.4 Å². The van der Waals surface area contributed by atoms with E-state index in [2.05, 4.69) is 46.5 Å². The first kappa shape index (κ1) is 30.1. The second-order valence-corrected chi connectivity index (χ2v) is 10.8. The van der Waals surface area contributed by atoms with E-state index in [0.29, 0.717) is 39.1 Å². The number of nitrogens with zero attached hydrogens (tertiary/aromatic N) is 7. The summed E-state index contributed by atoms with van der Waals surface area (Å²) in [7, 11) is 3.69. The number of nitrogens with two attached hydrogens (primary N) is 1. The summed E-state index contributed by atoms with van der Waals surface area (Å²) >= 11 is 3.16. The third-order valence-corrected chi connectivity index (χ3v) is 6.71. The first-order chi connectivity index (χ1) is 19.9. The zero-order valence-corrected chi connectivity index (χ0v) is 24.2. The van der Waals surface area contributed by atoms with Crippen LogP contribution in [0.1, 0.15) is 12.1 Å². The number of aromatic nitrogens is 5. The highest BCUT2D eigenvalue weighted by atomic mass is 79.9. The molecule has 42 heavy (non-hydrogen) atoms. The topological polar surface area (TPSA) is 184 Å². The van der Waals surface area contributed by atoms with E-state index in [1.54, 1.807) is 28.8 Å². The molecule has 0 spiro atoms. The summed E-state index contributed by atoms with van der Waals surface area (Å²) in [5, 5.41) is 17.9. The highest BCUT2D eigenvalue weighted by Gasteiger charge is 2.28. The number of likely N-dealkylation sites (N-methyl/N-ethyl adjacent to an activating group) is 1. The number of hydrogen-bond acceptors (Lipinski definition) is 9. The molecule has 14 nitrogen and oxygen atoms in total. The quantitative estimate of drug-likeness (QED) is 0.0902. The van der Waals surface area contributed by atoms with E-state index < -0.39 is 22.6 Å². The number of benzene rings is 1. The van der Waals surface area contributed by atoms with Crippen molar-refractivity contribution in [3.63, 3.8) is 0 Å². The summed E-state index contributed by atoms with van der Waals surface area (Å²) < 4.78 is 15.7. The molecule has 3 aromatic heterocycles. The number of nitro groups is 1. The fourth-order valence-corrected chi connectivity index (χ4v) is 4.43. The Labute approximate surface area is 247 Å². The molecule has 4 N–H and O–H groups in total. The Morgan fingerprint density at radius 1 is 1.21 bits per heavy atom. The van der Waals surface area contributed by atoms with Crippen LogP contribution in [0.3, 0.4) is 0 Å². The van der Waals surface area contributed by atoms with Crippen molar-refractivity contribution >= 4 is 61.8 Å². The van der Waals surface area contributed by atoms with Gasteiger partial charge in [-0.05, 0) is 56.2 Å². The van der Waals surface area contributed by atoms with Crippen molar-refractivity contribution in [3.05, 3.63) is 81.4 Å². The van der Waals surface area contributed by atoms with E-state index in [1.165, 1.54) is 31.0 Å². The van der Waals surface area contributed by atoms with Gasteiger partial charge in [0.05, 0.1) is 36.8 Å². The maximum atomic E-state index is 13.6. The summed E-state index contributed by atoms with van der Waals surface area (Å²) in [5.74, 6) is -0.950. The van der Waals surface area contributed by atoms with E-state index >= 15 is 0 Å². The molecule has 218 valence electrons. The molecule has 3 heterocycles. The largest absolute Gasteiger partial charge is 0.390 e. The smallest absolute Gasteiger partial charge is 0.370 e. The highest BCUT2D eigenvalue weighted by Crippen LogP contribution is 2.27. The number of carbonyl (C=O) groups excluding carboxylic acids is 2. The number of amides is 2. The van der Waals surface area contributed by atoms with Crippen molar-refractivity contribution in [2.24, 2.45) is 5.73 Å². The minimum absolute atomic E-state index is 0.0184. The lowest BCUT2D eigenvalue weighted by atomic mass is 10.2. The van der Waals surface area contributed by atoms with Crippen molar-refractivity contribution < 1.29 is 23.4 Å². The molecule has 0 fully saturated rings. The summed E-state index contributed by atoms with van der Waals surface area (Å²) in [6, 6.07) is 6.07. The number of halogens is 2. The van der Waals surface area contributed by atoms with E-state index in [4.69, 9.17) is 5.73 Å². The van der Waals surface area contributed by atoms with E-state index in [9.17, 15) is 24.1 Å². The number of aryl methyl sites for hydroxylation is 1. The predicted molar refractivity (Wildman–Crippen MR) is 156 cm³/mol. The molecule has 16 heteroatoms. The molecular formula is C26H27BrFN10O4+. The van der Waals surface area contributed by atoms with Crippen LogP contribution in [0.25, 0.3) is 10.9 Å². The molecule has 0 bridgehead atoms. The minimum Gasteiger partial charge on any atom is -0.370 e. The Kier molecular flexibility index (Phi) is 9.17. The summed E-state index contributed by atoms with van der Waals surface area (Å²) in [4.78, 5) is 51.4. The van der Waals surface area contributed by atoms with Gasteiger partial charge in [-0.25, -0.2) is 19.3 Å². The van der Waals surface area contributed by atoms with Crippen molar-refractivity contribution in [1.82, 2.24) is 24.5 Å². The summed E-state index contributed by atoms with van der Waals surface area (Å²) in [6.45, 7) is 0.742. The fourth-order valence-electron chi connectivity index (χ4n) is 4.06. The number of nitrogens with one attached hydrogen (secondary N) is 2. The zero-order chi connectivity index (χ0) is 30.4. The standard InChI is InChI=1S/C26H26BrFN10O4/c1-38(2,13-21-26(37(41)42)33-15-36(21)8-7-22(29)39)9-3-4-24(40)35-23-11-17-20(12-30-23)31-14-32-25(17)34-16-5-6-19(28)18(27)10-16/h3-6,10-12,14-15H,7-9,13H2,1-2H3,(H3-,29,30,31,32,34,35,39,40)/p+1. The number of fused-ring (bicyclic) bond motifs is 1. The molecule has 1 aromatic carbocycles. The van der Waals surface area contributed by atoms with Crippen molar-refractivity contribution in [1.29, 1.82) is 0 Å². The molecule has 0 saturated carbocycles. The second-order valence-electron chi connectivity index (χ2n) is 9.91. The molecule has 2 amide bonds. The van der Waals surface area contributed by atoms with Gasteiger partial charge in [0.15, 0.2) is 5.69 Å². The normalized spacial score (nSPS) is 11.6. The molecule has 0 radical (unpaired) electrons. The van der Waals surface area contributed by atoms with Gasteiger partial charge in [-0.1, -0.05) is 0 Å². The lowest BCUT2D eigenvalue weighted by molar-refractivity contribution is -0.898. The van der Waals surface area contributed by atoms with Crippen LogP contribution in [0.4, 0.5) is 27.5 Å². The van der Waals surface area contributed by atoms with Crippen molar-refractivity contribution in [3.8, 4) is 0 Å². The van der Waals surface area contributed by atoms with Gasteiger partial charge in [0.1, 0.15) is 30.3 Å².